The zero-order chi connectivity index (χ0) is 28.7. The molecular weight excluding hydrogens is 554 g/mol. The Balaban J connectivity index is 1.52. The number of nitrogens with zero attached hydrogens (tertiary/aromatic N) is 2. The minimum Gasteiger partial charge on any atom is -0.423 e. The Morgan fingerprint density at radius 3 is 2.35 bits per heavy atom. The van der Waals surface area contributed by atoms with Gasteiger partial charge in [0.25, 0.3) is 5.69 Å². The smallest absolute Gasteiger partial charge is 0.343 e. The monoisotopic (exact) mass is 577 g/mol. The van der Waals surface area contributed by atoms with E-state index in [1.165, 1.54) is 54.2 Å². The average Bonchev–Trinajstić information content (AvgIpc) is 2.93. The van der Waals surface area contributed by atoms with Crippen LogP contribution in [0, 0.1) is 10.1 Å². The van der Waals surface area contributed by atoms with Gasteiger partial charge < -0.3 is 10.1 Å². The molecule has 0 fully saturated rings. The van der Waals surface area contributed by atoms with Crippen molar-refractivity contribution in [2.75, 3.05) is 22.4 Å². The number of hydrogen-bond acceptors (Lipinski definition) is 8. The molecule has 1 amide bonds. The summed E-state index contributed by atoms with van der Waals surface area (Å²) in [4.78, 5) is 37.9. The van der Waals surface area contributed by atoms with E-state index in [4.69, 9.17) is 4.74 Å². The fraction of sp³-hybridized carbons (Fsp3) is 0.0714. The van der Waals surface area contributed by atoms with Crippen molar-refractivity contribution in [3.8, 4) is 5.75 Å². The number of para-hydroxylation sites is 1. The van der Waals surface area contributed by atoms with Gasteiger partial charge in [-0.15, -0.1) is 0 Å². The molecule has 0 radical (unpaired) electrons. The third-order valence-corrected chi connectivity index (χ3v) is 7.65. The van der Waals surface area contributed by atoms with E-state index in [0.29, 0.717) is 5.69 Å². The van der Waals surface area contributed by atoms with Crippen molar-refractivity contribution in [2.45, 2.75) is 9.79 Å². The largest absolute Gasteiger partial charge is 0.423 e. The van der Waals surface area contributed by atoms with E-state index in [9.17, 15) is 28.1 Å². The number of nitro groups is 1. The highest BCUT2D eigenvalue weighted by molar-refractivity contribution is 7.99. The molecule has 10 nitrogen and oxygen atoms in total. The highest BCUT2D eigenvalue weighted by Gasteiger charge is 2.23. The molecule has 0 unspecified atom stereocenters. The summed E-state index contributed by atoms with van der Waals surface area (Å²) in [7, 11) is -3.94. The molecule has 0 aliphatic rings. The van der Waals surface area contributed by atoms with Crippen LogP contribution in [0.1, 0.15) is 10.4 Å². The number of non-ortho nitro benzene ring substituents is 1. The number of rotatable bonds is 10. The Bertz CT molecular complexity index is 1660. The number of ether oxygens (including phenoxy) is 1. The molecule has 40 heavy (non-hydrogen) atoms. The number of carbonyl (C=O) groups is 2. The summed E-state index contributed by atoms with van der Waals surface area (Å²) in [6, 6.07) is 27.4. The third kappa shape index (κ3) is 7.46. The fourth-order valence-electron chi connectivity index (χ4n) is 3.61. The van der Waals surface area contributed by atoms with E-state index in [0.717, 1.165) is 26.4 Å². The van der Waals surface area contributed by atoms with E-state index in [1.54, 1.807) is 12.1 Å². The molecule has 204 valence electrons. The van der Waals surface area contributed by atoms with Crippen LogP contribution in [0.4, 0.5) is 17.1 Å². The van der Waals surface area contributed by atoms with Crippen LogP contribution in [0.2, 0.25) is 0 Å². The van der Waals surface area contributed by atoms with Gasteiger partial charge in [0.15, 0.2) is 0 Å². The number of benzene rings is 4. The second-order valence-electron chi connectivity index (χ2n) is 8.42. The molecule has 0 aromatic heterocycles. The predicted octanol–water partition coefficient (Wildman–Crippen LogP) is 5.37. The molecule has 0 spiro atoms. The Hall–Kier alpha value is -4.68. The SMILES string of the molecule is CS(=O)(=O)N(CC(=O)Nc1ccccc1Sc1ccccc1)c1cccc(C(=O)Oc2cccc([N+](=O)[O-])c2)c1. The Morgan fingerprint density at radius 1 is 0.925 bits per heavy atom. The van der Waals surface area contributed by atoms with Gasteiger partial charge in [-0.2, -0.15) is 0 Å². The highest BCUT2D eigenvalue weighted by Crippen LogP contribution is 2.33. The molecule has 4 aromatic carbocycles. The number of amides is 1. The number of sulfonamides is 1. The number of nitro benzene ring substituents is 1. The fourth-order valence-corrected chi connectivity index (χ4v) is 5.38. The van der Waals surface area contributed by atoms with Crippen molar-refractivity contribution in [1.29, 1.82) is 0 Å². The maximum absolute atomic E-state index is 13.0. The van der Waals surface area contributed by atoms with Gasteiger partial charge in [0, 0.05) is 15.9 Å². The van der Waals surface area contributed by atoms with Gasteiger partial charge >= 0.3 is 5.97 Å². The van der Waals surface area contributed by atoms with Crippen molar-refractivity contribution >= 4 is 50.7 Å². The van der Waals surface area contributed by atoms with Gasteiger partial charge in [-0.3, -0.25) is 19.2 Å². The van der Waals surface area contributed by atoms with Crippen molar-refractivity contribution in [1.82, 2.24) is 0 Å². The first-order valence-corrected chi connectivity index (χ1v) is 14.4. The van der Waals surface area contributed by atoms with Gasteiger partial charge in [-0.1, -0.05) is 54.2 Å². The molecule has 0 saturated carbocycles. The van der Waals surface area contributed by atoms with Crippen molar-refractivity contribution in [2.24, 2.45) is 0 Å². The van der Waals surface area contributed by atoms with Crippen LogP contribution in [0.3, 0.4) is 0 Å². The molecule has 12 heteroatoms. The number of nitrogens with one attached hydrogen (secondary N) is 1. The second kappa shape index (κ2) is 12.5. The minimum atomic E-state index is -3.94. The third-order valence-electron chi connectivity index (χ3n) is 5.43. The van der Waals surface area contributed by atoms with Crippen LogP contribution in [0.15, 0.2) is 113 Å². The molecule has 4 rings (SSSR count). The van der Waals surface area contributed by atoms with Crippen LogP contribution in [0.5, 0.6) is 5.75 Å². The molecule has 0 saturated heterocycles. The molecule has 0 atom stereocenters. The standard InChI is InChI=1S/C28H23N3O7S2/c1-40(36,37)30(19-27(32)29-25-15-5-6-16-26(25)39-24-13-3-2-4-14-24)21-10-7-9-20(17-21)28(33)38-23-12-8-11-22(18-23)31(34)35/h2-18H,19H2,1H3,(H,29,32). The Morgan fingerprint density at radius 2 is 1.62 bits per heavy atom. The summed E-state index contributed by atoms with van der Waals surface area (Å²) in [5.41, 5.74) is 0.321. The zero-order valence-corrected chi connectivity index (χ0v) is 22.7. The molecule has 4 aromatic rings. The molecule has 0 heterocycles. The van der Waals surface area contributed by atoms with Gasteiger partial charge in [-0.25, -0.2) is 13.2 Å². The van der Waals surface area contributed by atoms with Crippen LogP contribution < -0.4 is 14.4 Å². The average molecular weight is 578 g/mol. The molecule has 0 aliphatic heterocycles. The summed E-state index contributed by atoms with van der Waals surface area (Å²) in [5, 5.41) is 13.8. The van der Waals surface area contributed by atoms with Crippen molar-refractivity contribution < 1.29 is 27.7 Å². The quantitative estimate of drug-likeness (QED) is 0.115. The van der Waals surface area contributed by atoms with Gasteiger partial charge in [0.1, 0.15) is 12.3 Å². The lowest BCUT2D eigenvalue weighted by Crippen LogP contribution is -2.37. The normalized spacial score (nSPS) is 10.9. The number of carbonyl (C=O) groups excluding carboxylic acids is 2. The van der Waals surface area contributed by atoms with Gasteiger partial charge in [-0.05, 0) is 48.5 Å². The lowest BCUT2D eigenvalue weighted by molar-refractivity contribution is -0.384. The first-order chi connectivity index (χ1) is 19.1. The molecule has 0 bridgehead atoms. The first kappa shape index (κ1) is 28.3. The summed E-state index contributed by atoms with van der Waals surface area (Å²) >= 11 is 1.45. The number of hydrogen-bond donors (Lipinski definition) is 1. The summed E-state index contributed by atoms with van der Waals surface area (Å²) in [5.74, 6) is -1.49. The van der Waals surface area contributed by atoms with Crippen LogP contribution in [-0.2, 0) is 14.8 Å². The molecule has 1 N–H and O–H groups in total. The summed E-state index contributed by atoms with van der Waals surface area (Å²) in [6.07, 6.45) is 0.952. The topological polar surface area (TPSA) is 136 Å². The van der Waals surface area contributed by atoms with Gasteiger partial charge in [0.2, 0.25) is 15.9 Å². The van der Waals surface area contributed by atoms with E-state index in [1.807, 2.05) is 42.5 Å². The highest BCUT2D eigenvalue weighted by atomic mass is 32.2. The minimum absolute atomic E-state index is 0.0114. The first-order valence-electron chi connectivity index (χ1n) is 11.8. The number of anilines is 2. The van der Waals surface area contributed by atoms with Gasteiger partial charge in [0.05, 0.1) is 34.2 Å². The van der Waals surface area contributed by atoms with Crippen LogP contribution >= 0.6 is 11.8 Å². The summed E-state index contributed by atoms with van der Waals surface area (Å²) in [6.45, 7) is -0.549. The van der Waals surface area contributed by atoms with Crippen molar-refractivity contribution in [3.05, 3.63) is 119 Å². The van der Waals surface area contributed by atoms with E-state index < -0.39 is 33.4 Å². The predicted molar refractivity (Wildman–Crippen MR) is 152 cm³/mol. The Kier molecular flexibility index (Phi) is 8.82. The Labute approximate surface area is 234 Å². The van der Waals surface area contributed by atoms with Crippen molar-refractivity contribution in [3.63, 3.8) is 0 Å². The molecule has 0 aliphatic carbocycles. The lowest BCUT2D eigenvalue weighted by Gasteiger charge is -2.22. The zero-order valence-electron chi connectivity index (χ0n) is 21.1. The maximum Gasteiger partial charge on any atom is 0.343 e. The van der Waals surface area contributed by atoms with Crippen LogP contribution in [-0.4, -0.2) is 38.0 Å². The van der Waals surface area contributed by atoms with Crippen LogP contribution in [0.25, 0.3) is 0 Å². The maximum atomic E-state index is 13.0. The van der Waals surface area contributed by atoms with E-state index >= 15 is 0 Å². The number of esters is 1. The molecular formula is C28H23N3O7S2. The second-order valence-corrected chi connectivity index (χ2v) is 11.4. The summed E-state index contributed by atoms with van der Waals surface area (Å²) < 4.78 is 31.4. The van der Waals surface area contributed by atoms with E-state index in [-0.39, 0.29) is 22.7 Å². The van der Waals surface area contributed by atoms with E-state index in [2.05, 4.69) is 5.32 Å². The lowest BCUT2D eigenvalue weighted by atomic mass is 10.2.